The van der Waals surface area contributed by atoms with Gasteiger partial charge in [-0.3, -0.25) is 0 Å². The third-order valence-electron chi connectivity index (χ3n) is 2.90. The Morgan fingerprint density at radius 1 is 0.765 bits per heavy atom. The number of hydrogen-bond donors (Lipinski definition) is 1. The van der Waals surface area contributed by atoms with Gasteiger partial charge >= 0.3 is 0 Å². The lowest BCUT2D eigenvalue weighted by Crippen LogP contribution is -1.86. The molecule has 0 spiro atoms. The van der Waals surface area contributed by atoms with Crippen LogP contribution in [0.1, 0.15) is 0 Å². The van der Waals surface area contributed by atoms with Gasteiger partial charge in [-0.2, -0.15) is 0 Å². The second-order valence-electron chi connectivity index (χ2n) is 3.98. The van der Waals surface area contributed by atoms with Crippen molar-refractivity contribution in [2.24, 2.45) is 0 Å². The van der Waals surface area contributed by atoms with Gasteiger partial charge in [0.15, 0.2) is 0 Å². The molecule has 0 bridgehead atoms. The normalized spacial score (nSPS) is 13.4. The number of fused-ring (bicyclic) bond motifs is 4. The van der Waals surface area contributed by atoms with E-state index in [-0.39, 0.29) is 0 Å². The number of H-pyrrole nitrogens is 1. The van der Waals surface area contributed by atoms with Crippen LogP contribution in [0.3, 0.4) is 0 Å². The number of aromatic amines is 1. The van der Waals surface area contributed by atoms with E-state index in [1.807, 2.05) is 23.5 Å². The summed E-state index contributed by atoms with van der Waals surface area (Å²) in [4.78, 5) is 7.56. The van der Waals surface area contributed by atoms with E-state index in [1.54, 1.807) is 0 Å². The van der Waals surface area contributed by atoms with E-state index in [9.17, 15) is 0 Å². The minimum absolute atomic E-state index is 1.23. The highest BCUT2D eigenvalue weighted by atomic mass is 32.2. The Morgan fingerprint density at radius 2 is 1.47 bits per heavy atom. The molecule has 3 aromatic rings. The van der Waals surface area contributed by atoms with Crippen LogP contribution in [0, 0.1) is 0 Å². The minimum atomic E-state index is 1.23. The van der Waals surface area contributed by atoms with Gasteiger partial charge in [0.05, 0.1) is 9.92 Å². The van der Waals surface area contributed by atoms with E-state index in [0.29, 0.717) is 0 Å². The van der Waals surface area contributed by atoms with Crippen LogP contribution in [-0.4, -0.2) is 4.98 Å². The summed E-state index contributed by atoms with van der Waals surface area (Å²) in [6.45, 7) is 0. The molecular weight excluding hydrogens is 246 g/mol. The summed E-state index contributed by atoms with van der Waals surface area (Å²) in [6, 6.07) is 17.1. The molecule has 17 heavy (non-hydrogen) atoms. The number of rotatable bonds is 0. The number of para-hydroxylation sites is 1. The second kappa shape index (κ2) is 3.59. The van der Waals surface area contributed by atoms with Crippen LogP contribution in [0.5, 0.6) is 0 Å². The van der Waals surface area contributed by atoms with E-state index in [2.05, 4.69) is 53.5 Å². The molecule has 1 aromatic heterocycles. The van der Waals surface area contributed by atoms with Crippen LogP contribution in [0.4, 0.5) is 0 Å². The summed E-state index contributed by atoms with van der Waals surface area (Å²) in [5.41, 5.74) is 1.23. The Kier molecular flexibility index (Phi) is 2.04. The molecular formula is C14H9NS2. The van der Waals surface area contributed by atoms with E-state index in [0.717, 1.165) is 0 Å². The lowest BCUT2D eigenvalue weighted by atomic mass is 10.2. The van der Waals surface area contributed by atoms with E-state index < -0.39 is 0 Å². The zero-order chi connectivity index (χ0) is 11.2. The highest BCUT2D eigenvalue weighted by molar-refractivity contribution is 8.05. The van der Waals surface area contributed by atoms with Crippen LogP contribution >= 0.6 is 23.5 Å². The Labute approximate surface area is 108 Å². The summed E-state index contributed by atoms with van der Waals surface area (Å²) < 4.78 is 0. The predicted molar refractivity (Wildman–Crippen MR) is 73.0 cm³/mol. The lowest BCUT2D eigenvalue weighted by Gasteiger charge is -2.14. The Balaban J connectivity index is 1.97. The van der Waals surface area contributed by atoms with Gasteiger partial charge < -0.3 is 4.98 Å². The molecule has 1 N–H and O–H groups in total. The van der Waals surface area contributed by atoms with Crippen molar-refractivity contribution < 1.29 is 0 Å². The van der Waals surface area contributed by atoms with Crippen molar-refractivity contribution in [3.8, 4) is 0 Å². The molecule has 0 amide bonds. The van der Waals surface area contributed by atoms with E-state index in [4.69, 9.17) is 0 Å². The van der Waals surface area contributed by atoms with Crippen LogP contribution in [-0.2, 0) is 0 Å². The van der Waals surface area contributed by atoms with Gasteiger partial charge in [0.2, 0.25) is 0 Å². The maximum Gasteiger partial charge on any atom is 0.0923 e. The third kappa shape index (κ3) is 1.43. The van der Waals surface area contributed by atoms with Gasteiger partial charge in [0.25, 0.3) is 0 Å². The molecule has 3 heteroatoms. The molecule has 82 valence electrons. The lowest BCUT2D eigenvalue weighted by molar-refractivity contribution is 1.10. The second-order valence-corrected chi connectivity index (χ2v) is 6.08. The first-order chi connectivity index (χ1) is 8.42. The van der Waals surface area contributed by atoms with Crippen molar-refractivity contribution in [3.05, 3.63) is 48.5 Å². The van der Waals surface area contributed by atoms with Crippen LogP contribution in [0.15, 0.2) is 68.2 Å². The fraction of sp³-hybridized carbons (Fsp3) is 0. The highest BCUT2D eigenvalue weighted by Gasteiger charge is 2.20. The molecule has 0 fully saturated rings. The number of nitrogens with one attached hydrogen (secondary N) is 1. The third-order valence-corrected chi connectivity index (χ3v) is 5.45. The first-order valence-corrected chi connectivity index (χ1v) is 7.10. The molecule has 0 aliphatic carbocycles. The zero-order valence-electron chi connectivity index (χ0n) is 8.94. The SMILES string of the molecule is c1ccc2c(c1)Sc1[nH]c3ccccc3c1S2. The van der Waals surface area contributed by atoms with Crippen molar-refractivity contribution in [2.45, 2.75) is 19.7 Å². The average Bonchev–Trinajstić information content (AvgIpc) is 2.73. The summed E-state index contributed by atoms with van der Waals surface area (Å²) in [5, 5.41) is 2.60. The number of benzene rings is 2. The molecule has 2 heterocycles. The van der Waals surface area contributed by atoms with Gasteiger partial charge in [-0.25, -0.2) is 0 Å². The largest absolute Gasteiger partial charge is 0.348 e. The molecule has 0 unspecified atom stereocenters. The molecule has 0 radical (unpaired) electrons. The molecule has 2 aromatic carbocycles. The van der Waals surface area contributed by atoms with Crippen molar-refractivity contribution >= 4 is 34.4 Å². The number of aromatic nitrogens is 1. The Hall–Kier alpha value is -1.32. The molecule has 1 aliphatic heterocycles. The van der Waals surface area contributed by atoms with Crippen molar-refractivity contribution in [1.29, 1.82) is 0 Å². The molecule has 1 nitrogen and oxygen atoms in total. The fourth-order valence-corrected chi connectivity index (χ4v) is 4.47. The fourth-order valence-electron chi connectivity index (χ4n) is 2.10. The maximum atomic E-state index is 3.50. The standard InChI is InChI=1S/C14H9NS2/c1-2-6-10-9(5-1)13-14(15-10)17-12-8-4-3-7-11(12)16-13/h1-8,15H. The van der Waals surface area contributed by atoms with Crippen molar-refractivity contribution in [1.82, 2.24) is 4.98 Å². The van der Waals surface area contributed by atoms with Gasteiger partial charge in [0, 0.05) is 20.7 Å². The molecule has 0 saturated heterocycles. The van der Waals surface area contributed by atoms with Gasteiger partial charge in [-0.05, 0) is 18.2 Å². The number of hydrogen-bond acceptors (Lipinski definition) is 2. The van der Waals surface area contributed by atoms with Gasteiger partial charge in [0.1, 0.15) is 0 Å². The first kappa shape index (κ1) is 9.68. The summed E-state index contributed by atoms with van der Waals surface area (Å²) in [6.07, 6.45) is 0. The molecule has 0 saturated carbocycles. The Morgan fingerprint density at radius 3 is 2.35 bits per heavy atom. The highest BCUT2D eigenvalue weighted by Crippen LogP contribution is 2.50. The van der Waals surface area contributed by atoms with Crippen molar-refractivity contribution in [2.75, 3.05) is 0 Å². The van der Waals surface area contributed by atoms with Crippen molar-refractivity contribution in [3.63, 3.8) is 0 Å². The summed E-state index contributed by atoms with van der Waals surface area (Å²) in [5.74, 6) is 0. The van der Waals surface area contributed by atoms with Crippen LogP contribution in [0.25, 0.3) is 10.9 Å². The summed E-state index contributed by atoms with van der Waals surface area (Å²) in [7, 11) is 0. The topological polar surface area (TPSA) is 15.8 Å². The summed E-state index contributed by atoms with van der Waals surface area (Å²) >= 11 is 3.70. The monoisotopic (exact) mass is 255 g/mol. The van der Waals surface area contributed by atoms with Crippen LogP contribution < -0.4 is 0 Å². The average molecular weight is 255 g/mol. The molecule has 0 atom stereocenters. The predicted octanol–water partition coefficient (Wildman–Crippen LogP) is 4.78. The quantitative estimate of drug-likeness (QED) is 0.486. The van der Waals surface area contributed by atoms with Gasteiger partial charge in [-0.1, -0.05) is 53.9 Å². The maximum absolute atomic E-state index is 3.50. The van der Waals surface area contributed by atoms with E-state index in [1.165, 1.54) is 30.6 Å². The first-order valence-electron chi connectivity index (χ1n) is 5.47. The van der Waals surface area contributed by atoms with Gasteiger partial charge in [-0.15, -0.1) is 0 Å². The molecule has 1 aliphatic rings. The smallest absolute Gasteiger partial charge is 0.0923 e. The zero-order valence-corrected chi connectivity index (χ0v) is 10.6. The minimum Gasteiger partial charge on any atom is -0.348 e. The van der Waals surface area contributed by atoms with E-state index >= 15 is 0 Å². The Bertz CT molecular complexity index is 715. The molecule has 4 rings (SSSR count). The van der Waals surface area contributed by atoms with Crippen LogP contribution in [0.2, 0.25) is 0 Å².